The molecule has 108 valence electrons. The summed E-state index contributed by atoms with van der Waals surface area (Å²) in [6.45, 7) is 5.00. The van der Waals surface area contributed by atoms with Gasteiger partial charge in [-0.3, -0.25) is 0 Å². The van der Waals surface area contributed by atoms with Crippen LogP contribution in [0.4, 0.5) is 0 Å². The van der Waals surface area contributed by atoms with Gasteiger partial charge in [0.15, 0.2) is 5.15 Å². The number of aryl methyl sites for hydroxylation is 1. The third-order valence-corrected chi connectivity index (χ3v) is 4.30. The van der Waals surface area contributed by atoms with E-state index in [4.69, 9.17) is 23.2 Å². The molecule has 0 aliphatic rings. The minimum atomic E-state index is 0.366. The standard InChI is InChI=1S/C17H16Cl2N2/c1-3-8-21-16(19)15(18)20-17(21)14-10-11(2)9-12-6-4-5-7-13(12)14/h4-7,9-10H,3,8H2,1-2H3. The van der Waals surface area contributed by atoms with Crippen molar-refractivity contribution in [2.24, 2.45) is 0 Å². The summed E-state index contributed by atoms with van der Waals surface area (Å²) in [5, 5.41) is 3.24. The summed E-state index contributed by atoms with van der Waals surface area (Å²) in [6, 6.07) is 12.6. The van der Waals surface area contributed by atoms with Crippen molar-refractivity contribution in [1.29, 1.82) is 0 Å². The van der Waals surface area contributed by atoms with Gasteiger partial charge in [-0.15, -0.1) is 0 Å². The first-order chi connectivity index (χ1) is 10.1. The lowest BCUT2D eigenvalue weighted by molar-refractivity contribution is 0.686. The third-order valence-electron chi connectivity index (χ3n) is 3.56. The van der Waals surface area contributed by atoms with Gasteiger partial charge in [-0.1, -0.05) is 60.5 Å². The lowest BCUT2D eigenvalue weighted by Crippen LogP contribution is -2.00. The van der Waals surface area contributed by atoms with E-state index < -0.39 is 0 Å². The lowest BCUT2D eigenvalue weighted by atomic mass is 10.0. The number of nitrogens with zero attached hydrogens (tertiary/aromatic N) is 2. The topological polar surface area (TPSA) is 17.8 Å². The highest BCUT2D eigenvalue weighted by atomic mass is 35.5. The molecular formula is C17H16Cl2N2. The first-order valence-electron chi connectivity index (χ1n) is 7.03. The Bertz CT molecular complexity index is 806. The first-order valence-corrected chi connectivity index (χ1v) is 7.78. The summed E-state index contributed by atoms with van der Waals surface area (Å²) in [6.07, 6.45) is 0.975. The van der Waals surface area contributed by atoms with Crippen molar-refractivity contribution in [2.75, 3.05) is 0 Å². The van der Waals surface area contributed by atoms with Gasteiger partial charge in [-0.2, -0.15) is 0 Å². The lowest BCUT2D eigenvalue weighted by Gasteiger charge is -2.11. The van der Waals surface area contributed by atoms with Crippen LogP contribution >= 0.6 is 23.2 Å². The van der Waals surface area contributed by atoms with Gasteiger partial charge in [0.25, 0.3) is 0 Å². The minimum absolute atomic E-state index is 0.366. The van der Waals surface area contributed by atoms with E-state index in [0.717, 1.165) is 24.4 Å². The van der Waals surface area contributed by atoms with Crippen LogP contribution in [0.3, 0.4) is 0 Å². The molecule has 0 saturated carbocycles. The van der Waals surface area contributed by atoms with Crippen LogP contribution in [0.15, 0.2) is 36.4 Å². The second kappa shape index (κ2) is 5.70. The number of hydrogen-bond donors (Lipinski definition) is 0. The maximum atomic E-state index is 6.30. The molecule has 0 spiro atoms. The Balaban J connectivity index is 2.32. The Hall–Kier alpha value is -1.51. The zero-order chi connectivity index (χ0) is 15.0. The fourth-order valence-corrected chi connectivity index (χ4v) is 3.07. The van der Waals surface area contributed by atoms with Gasteiger partial charge in [-0.25, -0.2) is 4.98 Å². The molecule has 2 aromatic carbocycles. The molecule has 3 rings (SSSR count). The van der Waals surface area contributed by atoms with E-state index in [1.165, 1.54) is 16.3 Å². The molecule has 0 fully saturated rings. The molecule has 0 aliphatic carbocycles. The molecule has 0 bridgehead atoms. The van der Waals surface area contributed by atoms with Crippen LogP contribution in [0.2, 0.25) is 10.3 Å². The van der Waals surface area contributed by atoms with Crippen molar-refractivity contribution in [3.63, 3.8) is 0 Å². The fourth-order valence-electron chi connectivity index (χ4n) is 2.68. The molecular weight excluding hydrogens is 303 g/mol. The molecule has 1 heterocycles. The van der Waals surface area contributed by atoms with Crippen LogP contribution in [0.5, 0.6) is 0 Å². The SMILES string of the molecule is CCCn1c(-c2cc(C)cc3ccccc23)nc(Cl)c1Cl. The van der Waals surface area contributed by atoms with E-state index in [9.17, 15) is 0 Å². The van der Waals surface area contributed by atoms with Crippen LogP contribution in [-0.2, 0) is 6.54 Å². The summed E-state index contributed by atoms with van der Waals surface area (Å²) in [4.78, 5) is 4.49. The molecule has 3 aromatic rings. The van der Waals surface area contributed by atoms with E-state index in [2.05, 4.69) is 43.1 Å². The largest absolute Gasteiger partial charge is 0.314 e. The number of benzene rings is 2. The fraction of sp³-hybridized carbons (Fsp3) is 0.235. The average Bonchev–Trinajstić information content (AvgIpc) is 2.75. The maximum Gasteiger partial charge on any atom is 0.166 e. The van der Waals surface area contributed by atoms with E-state index in [-0.39, 0.29) is 0 Å². The van der Waals surface area contributed by atoms with Crippen molar-refractivity contribution in [1.82, 2.24) is 9.55 Å². The smallest absolute Gasteiger partial charge is 0.166 e. The van der Waals surface area contributed by atoms with Crippen molar-refractivity contribution >= 4 is 34.0 Å². The Morgan fingerprint density at radius 1 is 1.14 bits per heavy atom. The van der Waals surface area contributed by atoms with Crippen molar-refractivity contribution in [3.8, 4) is 11.4 Å². The van der Waals surface area contributed by atoms with E-state index in [1.807, 2.05) is 16.7 Å². The zero-order valence-electron chi connectivity index (χ0n) is 12.0. The Labute approximate surface area is 134 Å². The highest BCUT2D eigenvalue weighted by molar-refractivity contribution is 6.40. The second-order valence-corrected chi connectivity index (χ2v) is 5.92. The molecule has 21 heavy (non-hydrogen) atoms. The minimum Gasteiger partial charge on any atom is -0.314 e. The first kappa shape index (κ1) is 14.4. The number of fused-ring (bicyclic) bond motifs is 1. The number of imidazole rings is 1. The van der Waals surface area contributed by atoms with Gasteiger partial charge in [0.05, 0.1) is 0 Å². The highest BCUT2D eigenvalue weighted by Crippen LogP contribution is 2.34. The molecule has 0 N–H and O–H groups in total. The number of rotatable bonds is 3. The summed E-state index contributed by atoms with van der Waals surface area (Å²) in [5.41, 5.74) is 2.27. The van der Waals surface area contributed by atoms with Gasteiger partial charge in [0, 0.05) is 12.1 Å². The molecule has 0 radical (unpaired) electrons. The molecule has 0 amide bonds. The number of halogens is 2. The van der Waals surface area contributed by atoms with Crippen LogP contribution in [0.25, 0.3) is 22.2 Å². The number of hydrogen-bond acceptors (Lipinski definition) is 1. The van der Waals surface area contributed by atoms with Crippen molar-refractivity contribution < 1.29 is 0 Å². The molecule has 2 nitrogen and oxygen atoms in total. The average molecular weight is 319 g/mol. The van der Waals surface area contributed by atoms with Crippen molar-refractivity contribution in [3.05, 3.63) is 52.3 Å². The molecule has 0 aliphatic heterocycles. The summed E-state index contributed by atoms with van der Waals surface area (Å²) in [7, 11) is 0. The second-order valence-electron chi connectivity index (χ2n) is 5.20. The molecule has 0 unspecified atom stereocenters. The number of aromatic nitrogens is 2. The van der Waals surface area contributed by atoms with Crippen molar-refractivity contribution in [2.45, 2.75) is 26.8 Å². The summed E-state index contributed by atoms with van der Waals surface area (Å²) < 4.78 is 1.99. The normalized spacial score (nSPS) is 11.2. The van der Waals surface area contributed by atoms with Gasteiger partial charge >= 0.3 is 0 Å². The van der Waals surface area contributed by atoms with Crippen LogP contribution in [-0.4, -0.2) is 9.55 Å². The third kappa shape index (κ3) is 2.54. The highest BCUT2D eigenvalue weighted by Gasteiger charge is 2.17. The Morgan fingerprint density at radius 2 is 1.90 bits per heavy atom. The summed E-state index contributed by atoms with van der Waals surface area (Å²) >= 11 is 12.4. The van der Waals surface area contributed by atoms with Crippen LogP contribution in [0, 0.1) is 6.92 Å². The molecule has 1 aromatic heterocycles. The molecule has 0 atom stereocenters. The van der Waals surface area contributed by atoms with Gasteiger partial charge in [0.2, 0.25) is 0 Å². The predicted octanol–water partition coefficient (Wildman–Crippen LogP) is 5.73. The van der Waals surface area contributed by atoms with E-state index in [0.29, 0.717) is 10.3 Å². The van der Waals surface area contributed by atoms with E-state index in [1.54, 1.807) is 0 Å². The maximum absolute atomic E-state index is 6.30. The Morgan fingerprint density at radius 3 is 2.67 bits per heavy atom. The zero-order valence-corrected chi connectivity index (χ0v) is 13.5. The van der Waals surface area contributed by atoms with Crippen LogP contribution < -0.4 is 0 Å². The van der Waals surface area contributed by atoms with Crippen LogP contribution in [0.1, 0.15) is 18.9 Å². The summed E-state index contributed by atoms with van der Waals surface area (Å²) in [5.74, 6) is 0.840. The quantitative estimate of drug-likeness (QED) is 0.603. The van der Waals surface area contributed by atoms with E-state index >= 15 is 0 Å². The van der Waals surface area contributed by atoms with Gasteiger partial charge < -0.3 is 4.57 Å². The molecule has 4 heteroatoms. The Kier molecular flexibility index (Phi) is 3.92. The van der Waals surface area contributed by atoms with Gasteiger partial charge in [-0.05, 0) is 35.7 Å². The molecule has 0 saturated heterocycles. The monoisotopic (exact) mass is 318 g/mol. The predicted molar refractivity (Wildman–Crippen MR) is 90.2 cm³/mol. The van der Waals surface area contributed by atoms with Gasteiger partial charge in [0.1, 0.15) is 11.0 Å².